The van der Waals surface area contributed by atoms with E-state index in [0.717, 1.165) is 35.9 Å². The van der Waals surface area contributed by atoms with Gasteiger partial charge in [-0.25, -0.2) is 14.4 Å². The zero-order valence-corrected chi connectivity index (χ0v) is 27.6. The molecule has 6 rings (SSSR count). The molecular weight excluding hydrogens is 651 g/mol. The molecule has 0 radical (unpaired) electrons. The van der Waals surface area contributed by atoms with Crippen molar-refractivity contribution in [2.75, 3.05) is 16.8 Å². The molecule has 15 heteroatoms. The Morgan fingerprint density at radius 2 is 1.96 bits per heavy atom. The first-order valence-electron chi connectivity index (χ1n) is 15.3. The monoisotopic (exact) mass is 683 g/mol. The number of hydrogen-bond acceptors (Lipinski definition) is 8. The maximum atomic E-state index is 15.2. The van der Waals surface area contributed by atoms with Crippen molar-refractivity contribution in [3.63, 3.8) is 0 Å². The van der Waals surface area contributed by atoms with Crippen LogP contribution in [0.15, 0.2) is 43.0 Å². The summed E-state index contributed by atoms with van der Waals surface area (Å²) >= 11 is 5.95. The number of carbonyl (C=O) groups is 2. The summed E-state index contributed by atoms with van der Waals surface area (Å²) in [6, 6.07) is 3.84. The summed E-state index contributed by atoms with van der Waals surface area (Å²) in [4.78, 5) is 41.2. The summed E-state index contributed by atoms with van der Waals surface area (Å²) in [6.45, 7) is 6.61. The Morgan fingerprint density at radius 1 is 1.19 bits per heavy atom. The second-order valence-electron chi connectivity index (χ2n) is 12.9. The molecule has 48 heavy (non-hydrogen) atoms. The average Bonchev–Trinajstić information content (AvgIpc) is 3.53. The second-order valence-corrected chi connectivity index (χ2v) is 13.3. The number of fused-ring (bicyclic) bond motifs is 1. The summed E-state index contributed by atoms with van der Waals surface area (Å²) in [6.07, 6.45) is 6.88. The number of piperidine rings is 1. The molecule has 1 aliphatic carbocycles. The minimum Gasteiger partial charge on any atom is -0.434 e. The fourth-order valence-electron chi connectivity index (χ4n) is 5.60. The van der Waals surface area contributed by atoms with Gasteiger partial charge in [-0.15, -0.1) is 0 Å². The number of pyridine rings is 1. The molecule has 252 valence electrons. The Labute approximate surface area is 279 Å². The maximum Gasteiger partial charge on any atom is 0.387 e. The third-order valence-corrected chi connectivity index (χ3v) is 8.51. The quantitative estimate of drug-likeness (QED) is 0.198. The Bertz CT molecular complexity index is 1900. The SMILES string of the molecule is Cc1cc([C@@H](C)n2cc(NC(=O)c3nc(-c4c(OC(F)F)ccc(Cl)c4F)cnc3COC(C)(C)C)cn2)cnc1N1C[C@H]2C[C@H]2C1=O. The summed E-state index contributed by atoms with van der Waals surface area (Å²) < 4.78 is 53.5. The molecule has 3 atom stereocenters. The Kier molecular flexibility index (Phi) is 8.90. The van der Waals surface area contributed by atoms with E-state index in [1.54, 1.807) is 22.0 Å². The van der Waals surface area contributed by atoms with E-state index in [0.29, 0.717) is 24.0 Å². The zero-order chi connectivity index (χ0) is 34.5. The summed E-state index contributed by atoms with van der Waals surface area (Å²) in [5.74, 6) is -0.955. The molecule has 1 N–H and O–H groups in total. The molecule has 4 aromatic rings. The lowest BCUT2D eigenvalue weighted by molar-refractivity contribution is -0.118. The predicted octanol–water partition coefficient (Wildman–Crippen LogP) is 6.60. The van der Waals surface area contributed by atoms with Crippen molar-refractivity contribution in [1.29, 1.82) is 0 Å². The van der Waals surface area contributed by atoms with E-state index in [1.165, 1.54) is 6.20 Å². The number of nitrogens with zero attached hydrogens (tertiary/aromatic N) is 6. The number of benzene rings is 1. The molecule has 1 saturated carbocycles. The lowest BCUT2D eigenvalue weighted by Crippen LogP contribution is -2.29. The van der Waals surface area contributed by atoms with Crippen LogP contribution in [0.5, 0.6) is 5.75 Å². The van der Waals surface area contributed by atoms with Gasteiger partial charge in [-0.05, 0) is 76.3 Å². The number of anilines is 2. The average molecular weight is 684 g/mol. The minimum atomic E-state index is -3.25. The standard InChI is InChI=1S/C33H33ClF3N7O4/c1-16-8-18(10-39-29(16)43-13-19-9-21(19)31(43)46)17(2)44-14-20(11-40-44)41-30(45)28-24(15-47-33(3,4)5)38-12-23(42-28)26-25(48-32(36)37)7-6-22(34)27(26)35/h6-8,10-12,14,17,19,21,32H,9,13,15H2,1-5H3,(H,41,45)/t17-,19-,21-/m1/s1. The van der Waals surface area contributed by atoms with E-state index in [-0.39, 0.29) is 46.6 Å². The van der Waals surface area contributed by atoms with E-state index in [2.05, 4.69) is 30.1 Å². The number of halogens is 4. The molecule has 1 saturated heterocycles. The van der Waals surface area contributed by atoms with Gasteiger partial charge in [-0.1, -0.05) is 11.6 Å². The second kappa shape index (κ2) is 12.8. The van der Waals surface area contributed by atoms with Gasteiger partial charge in [-0.2, -0.15) is 13.9 Å². The van der Waals surface area contributed by atoms with Crippen molar-refractivity contribution in [3.05, 3.63) is 76.3 Å². The molecule has 2 fully saturated rings. The molecule has 3 aromatic heterocycles. The van der Waals surface area contributed by atoms with E-state index in [4.69, 9.17) is 16.3 Å². The predicted molar refractivity (Wildman–Crippen MR) is 171 cm³/mol. The van der Waals surface area contributed by atoms with Crippen LogP contribution in [0.2, 0.25) is 5.02 Å². The number of alkyl halides is 2. The Balaban J connectivity index is 1.25. The molecule has 4 heterocycles. The molecule has 1 aliphatic heterocycles. The third-order valence-electron chi connectivity index (χ3n) is 8.22. The van der Waals surface area contributed by atoms with Crippen LogP contribution < -0.4 is 15.0 Å². The van der Waals surface area contributed by atoms with Gasteiger partial charge in [0.05, 0.1) is 58.3 Å². The first kappa shape index (κ1) is 33.3. The number of amides is 2. The fraction of sp³-hybridized carbons (Fsp3) is 0.394. The fourth-order valence-corrected chi connectivity index (χ4v) is 5.76. The topological polar surface area (TPSA) is 124 Å². The number of carbonyl (C=O) groups excluding carboxylic acids is 2. The van der Waals surface area contributed by atoms with Crippen molar-refractivity contribution < 1.29 is 32.2 Å². The third kappa shape index (κ3) is 6.85. The number of ether oxygens (including phenoxy) is 2. The zero-order valence-electron chi connectivity index (χ0n) is 26.8. The largest absolute Gasteiger partial charge is 0.434 e. The van der Waals surface area contributed by atoms with Crippen LogP contribution in [0.25, 0.3) is 11.3 Å². The smallest absolute Gasteiger partial charge is 0.387 e. The molecule has 2 amide bonds. The van der Waals surface area contributed by atoms with Gasteiger partial charge in [0.15, 0.2) is 11.5 Å². The van der Waals surface area contributed by atoms with E-state index < -0.39 is 35.2 Å². The van der Waals surface area contributed by atoms with Gasteiger partial charge in [0.1, 0.15) is 11.6 Å². The van der Waals surface area contributed by atoms with Gasteiger partial charge in [0.25, 0.3) is 5.91 Å². The van der Waals surface area contributed by atoms with Crippen molar-refractivity contribution in [2.24, 2.45) is 11.8 Å². The summed E-state index contributed by atoms with van der Waals surface area (Å²) in [7, 11) is 0. The van der Waals surface area contributed by atoms with Crippen molar-refractivity contribution >= 4 is 34.9 Å². The van der Waals surface area contributed by atoms with Crippen LogP contribution in [-0.2, 0) is 16.1 Å². The number of aromatic nitrogens is 5. The first-order valence-corrected chi connectivity index (χ1v) is 15.6. The van der Waals surface area contributed by atoms with Crippen molar-refractivity contribution in [3.8, 4) is 17.0 Å². The van der Waals surface area contributed by atoms with E-state index in [1.807, 2.05) is 40.7 Å². The van der Waals surface area contributed by atoms with Gasteiger partial charge in [-0.3, -0.25) is 24.2 Å². The Morgan fingerprint density at radius 3 is 2.62 bits per heavy atom. The summed E-state index contributed by atoms with van der Waals surface area (Å²) in [5, 5.41) is 6.78. The van der Waals surface area contributed by atoms with E-state index in [9.17, 15) is 18.4 Å². The molecule has 0 spiro atoms. The van der Waals surface area contributed by atoms with Crippen molar-refractivity contribution in [2.45, 2.75) is 65.9 Å². The first-order chi connectivity index (χ1) is 22.7. The van der Waals surface area contributed by atoms with Gasteiger partial charge in [0.2, 0.25) is 5.91 Å². The van der Waals surface area contributed by atoms with Crippen LogP contribution in [0.1, 0.15) is 67.5 Å². The lowest BCUT2D eigenvalue weighted by atomic mass is 10.1. The van der Waals surface area contributed by atoms with E-state index >= 15 is 4.39 Å². The van der Waals surface area contributed by atoms with Gasteiger partial charge < -0.3 is 14.8 Å². The highest BCUT2D eigenvalue weighted by Gasteiger charge is 2.53. The summed E-state index contributed by atoms with van der Waals surface area (Å²) in [5.41, 5.74) is 0.606. The molecular formula is C33H33ClF3N7O4. The minimum absolute atomic E-state index is 0.124. The van der Waals surface area contributed by atoms with Crippen LogP contribution in [0, 0.1) is 24.6 Å². The van der Waals surface area contributed by atoms with Crippen molar-refractivity contribution in [1.82, 2.24) is 24.7 Å². The Hall–Kier alpha value is -4.56. The number of rotatable bonds is 10. The highest BCUT2D eigenvalue weighted by Crippen LogP contribution is 2.47. The van der Waals surface area contributed by atoms with Crippen LogP contribution in [-0.4, -0.2) is 55.3 Å². The molecule has 0 unspecified atom stereocenters. The number of nitrogens with one attached hydrogen (secondary N) is 1. The highest BCUT2D eigenvalue weighted by atomic mass is 35.5. The molecule has 1 aromatic carbocycles. The van der Waals surface area contributed by atoms with Gasteiger partial charge in [0, 0.05) is 24.9 Å². The molecule has 11 nitrogen and oxygen atoms in total. The molecule has 2 aliphatic rings. The lowest BCUT2D eigenvalue weighted by Gasteiger charge is -2.21. The maximum absolute atomic E-state index is 15.2. The highest BCUT2D eigenvalue weighted by molar-refractivity contribution is 6.31. The number of aryl methyl sites for hydroxylation is 1. The van der Waals surface area contributed by atoms with Crippen LogP contribution in [0.4, 0.5) is 24.7 Å². The van der Waals surface area contributed by atoms with Crippen LogP contribution in [0.3, 0.4) is 0 Å². The van der Waals surface area contributed by atoms with Crippen LogP contribution >= 0.6 is 11.6 Å². The van der Waals surface area contributed by atoms with Gasteiger partial charge >= 0.3 is 6.61 Å². The normalized spacial score (nSPS) is 17.9. The molecule has 0 bridgehead atoms. The number of hydrogen-bond donors (Lipinski definition) is 1.